The number of hydrogen-bond acceptors (Lipinski definition) is 5. The highest BCUT2D eigenvalue weighted by Crippen LogP contribution is 2.24. The van der Waals surface area contributed by atoms with Crippen molar-refractivity contribution in [3.05, 3.63) is 53.6 Å². The molecule has 0 radical (unpaired) electrons. The first-order valence-corrected chi connectivity index (χ1v) is 10.4. The number of nitrogens with zero attached hydrogens (tertiary/aromatic N) is 2. The van der Waals surface area contributed by atoms with Crippen molar-refractivity contribution in [2.75, 3.05) is 34.4 Å². The van der Waals surface area contributed by atoms with Crippen LogP contribution in [0.25, 0.3) is 0 Å². The minimum atomic E-state index is -2.84. The Morgan fingerprint density at radius 3 is 2.47 bits per heavy atom. The maximum absolute atomic E-state index is 12.4. The van der Waals surface area contributed by atoms with E-state index in [4.69, 9.17) is 9.47 Å². The molecule has 1 unspecified atom stereocenters. The number of benzene rings is 2. The number of rotatable bonds is 9. The van der Waals surface area contributed by atoms with Gasteiger partial charge in [0.25, 0.3) is 0 Å². The maximum Gasteiger partial charge on any atom is 0.387 e. The van der Waals surface area contributed by atoms with Gasteiger partial charge in [0.1, 0.15) is 17.2 Å². The van der Waals surface area contributed by atoms with E-state index in [9.17, 15) is 8.78 Å². The van der Waals surface area contributed by atoms with Crippen LogP contribution in [0.15, 0.2) is 47.5 Å². The highest BCUT2D eigenvalue weighted by molar-refractivity contribution is 5.80. The molecule has 1 saturated heterocycles. The monoisotopic (exact) mass is 448 g/mol. The quantitative estimate of drug-likeness (QED) is 0.454. The maximum atomic E-state index is 12.4. The van der Waals surface area contributed by atoms with Crippen LogP contribution in [-0.4, -0.2) is 57.9 Å². The van der Waals surface area contributed by atoms with Gasteiger partial charge in [-0.2, -0.15) is 8.78 Å². The predicted molar refractivity (Wildman–Crippen MR) is 120 cm³/mol. The van der Waals surface area contributed by atoms with Crippen molar-refractivity contribution < 1.29 is 23.0 Å². The van der Waals surface area contributed by atoms with Crippen molar-refractivity contribution in [1.82, 2.24) is 15.5 Å². The van der Waals surface area contributed by atoms with E-state index >= 15 is 0 Å². The molecule has 3 rings (SSSR count). The van der Waals surface area contributed by atoms with Crippen LogP contribution in [0.4, 0.5) is 8.78 Å². The summed E-state index contributed by atoms with van der Waals surface area (Å²) in [6.45, 7) is 0.240. The summed E-state index contributed by atoms with van der Waals surface area (Å²) >= 11 is 0. The van der Waals surface area contributed by atoms with Crippen molar-refractivity contribution >= 4 is 5.96 Å². The van der Waals surface area contributed by atoms with E-state index in [1.165, 1.54) is 6.07 Å². The zero-order valence-corrected chi connectivity index (χ0v) is 18.6. The Morgan fingerprint density at radius 1 is 1.09 bits per heavy atom. The average molecular weight is 449 g/mol. The van der Waals surface area contributed by atoms with Crippen LogP contribution in [0.2, 0.25) is 0 Å². The summed E-state index contributed by atoms with van der Waals surface area (Å²) in [5.41, 5.74) is 1.96. The lowest BCUT2D eigenvalue weighted by Crippen LogP contribution is -2.44. The minimum Gasteiger partial charge on any atom is -0.497 e. The molecule has 0 amide bonds. The van der Waals surface area contributed by atoms with Gasteiger partial charge in [-0.25, -0.2) is 0 Å². The topological polar surface area (TPSA) is 67.4 Å². The molecule has 32 heavy (non-hydrogen) atoms. The number of likely N-dealkylation sites (tertiary alicyclic amines) is 1. The number of guanidine groups is 1. The molecule has 1 aliphatic heterocycles. The lowest BCUT2D eigenvalue weighted by Gasteiger charge is -2.19. The summed E-state index contributed by atoms with van der Waals surface area (Å²) in [6.07, 6.45) is 0.986. The summed E-state index contributed by atoms with van der Waals surface area (Å²) < 4.78 is 40.0. The zero-order valence-electron chi connectivity index (χ0n) is 18.6. The highest BCUT2D eigenvalue weighted by atomic mass is 19.3. The van der Waals surface area contributed by atoms with Gasteiger partial charge in [-0.1, -0.05) is 12.1 Å². The summed E-state index contributed by atoms with van der Waals surface area (Å²) in [7, 11) is 5.00. The van der Waals surface area contributed by atoms with Gasteiger partial charge in [0.2, 0.25) is 0 Å². The lowest BCUT2D eigenvalue weighted by atomic mass is 10.2. The van der Waals surface area contributed by atoms with Crippen molar-refractivity contribution in [2.45, 2.75) is 32.2 Å². The molecule has 2 N–H and O–H groups in total. The van der Waals surface area contributed by atoms with Crippen molar-refractivity contribution in [1.29, 1.82) is 0 Å². The fourth-order valence-corrected chi connectivity index (χ4v) is 3.72. The molecule has 174 valence electrons. The fourth-order valence-electron chi connectivity index (χ4n) is 3.72. The van der Waals surface area contributed by atoms with Crippen molar-refractivity contribution in [3.63, 3.8) is 0 Å². The number of alkyl halides is 2. The minimum absolute atomic E-state index is 0.142. The number of halogens is 2. The van der Waals surface area contributed by atoms with E-state index < -0.39 is 6.61 Å². The number of hydrogen-bond donors (Lipinski definition) is 2. The van der Waals surface area contributed by atoms with E-state index in [0.717, 1.165) is 48.7 Å². The first-order chi connectivity index (χ1) is 15.5. The van der Waals surface area contributed by atoms with Crippen molar-refractivity contribution in [2.24, 2.45) is 4.99 Å². The molecule has 0 bridgehead atoms. The van der Waals surface area contributed by atoms with Crippen molar-refractivity contribution in [3.8, 4) is 17.2 Å². The fraction of sp³-hybridized carbons (Fsp3) is 0.435. The van der Waals surface area contributed by atoms with E-state index in [2.05, 4.69) is 25.3 Å². The van der Waals surface area contributed by atoms with Gasteiger partial charge < -0.3 is 24.8 Å². The first-order valence-electron chi connectivity index (χ1n) is 10.4. The molecule has 0 spiro atoms. The Labute approximate surface area is 187 Å². The molecule has 1 aliphatic rings. The third-order valence-electron chi connectivity index (χ3n) is 5.24. The predicted octanol–water partition coefficient (Wildman–Crippen LogP) is 3.24. The average Bonchev–Trinajstić information content (AvgIpc) is 3.22. The molecule has 0 aromatic heterocycles. The Morgan fingerprint density at radius 2 is 1.81 bits per heavy atom. The summed E-state index contributed by atoms with van der Waals surface area (Å²) in [4.78, 5) is 6.65. The van der Waals surface area contributed by atoms with Gasteiger partial charge in [-0.05, 0) is 41.8 Å². The SMILES string of the molecule is CN=C(NCc1cccc(OC(F)F)c1)NC1CCN(Cc2cc(OC)cc(OC)c2)C1. The largest absolute Gasteiger partial charge is 0.497 e. The van der Waals surface area contributed by atoms with E-state index in [1.54, 1.807) is 33.4 Å². The molecule has 7 nitrogen and oxygen atoms in total. The smallest absolute Gasteiger partial charge is 0.387 e. The van der Waals surface area contributed by atoms with Gasteiger partial charge in [0.15, 0.2) is 5.96 Å². The second kappa shape index (κ2) is 11.5. The van der Waals surface area contributed by atoms with Gasteiger partial charge in [0.05, 0.1) is 14.2 Å². The molecule has 1 atom stereocenters. The lowest BCUT2D eigenvalue weighted by molar-refractivity contribution is -0.0498. The Kier molecular flexibility index (Phi) is 8.49. The van der Waals surface area contributed by atoms with Gasteiger partial charge in [-0.3, -0.25) is 9.89 Å². The first kappa shape index (κ1) is 23.6. The molecular weight excluding hydrogens is 418 g/mol. The second-order valence-electron chi connectivity index (χ2n) is 7.54. The van der Waals surface area contributed by atoms with E-state index in [-0.39, 0.29) is 11.8 Å². The number of methoxy groups -OCH3 is 2. The number of aliphatic imine (C=N–C) groups is 1. The van der Waals surface area contributed by atoms with Crippen LogP contribution in [-0.2, 0) is 13.1 Å². The van der Waals surface area contributed by atoms with E-state index in [1.807, 2.05) is 24.3 Å². The van der Waals surface area contributed by atoms with Crippen LogP contribution in [0.3, 0.4) is 0 Å². The summed E-state index contributed by atoms with van der Waals surface area (Å²) in [6, 6.07) is 12.8. The third kappa shape index (κ3) is 6.98. The van der Waals surface area contributed by atoms with Crippen LogP contribution >= 0.6 is 0 Å². The molecule has 2 aromatic carbocycles. The molecule has 1 heterocycles. The molecule has 0 aliphatic carbocycles. The Hall–Kier alpha value is -3.07. The second-order valence-corrected chi connectivity index (χ2v) is 7.54. The molecule has 1 fully saturated rings. The van der Waals surface area contributed by atoms with Crippen LogP contribution in [0.5, 0.6) is 17.2 Å². The van der Waals surface area contributed by atoms with Crippen LogP contribution in [0.1, 0.15) is 17.5 Å². The van der Waals surface area contributed by atoms with Crippen LogP contribution in [0, 0.1) is 0 Å². The Balaban J connectivity index is 1.50. The van der Waals surface area contributed by atoms with Gasteiger partial charge in [-0.15, -0.1) is 0 Å². The number of ether oxygens (including phenoxy) is 3. The number of nitrogens with one attached hydrogen (secondary N) is 2. The highest BCUT2D eigenvalue weighted by Gasteiger charge is 2.23. The third-order valence-corrected chi connectivity index (χ3v) is 5.24. The normalized spacial score (nSPS) is 16.8. The van der Waals surface area contributed by atoms with Crippen LogP contribution < -0.4 is 24.8 Å². The molecule has 9 heteroatoms. The standard InChI is InChI=1S/C23H30F2N4O3/c1-26-23(27-13-16-5-4-6-19(9-16)32-22(24)25)28-18-7-8-29(15-18)14-17-10-20(30-2)12-21(11-17)31-3/h4-6,9-12,18,22H,7-8,13-15H2,1-3H3,(H2,26,27,28). The zero-order chi connectivity index (χ0) is 22.9. The van der Waals surface area contributed by atoms with Gasteiger partial charge in [0, 0.05) is 45.3 Å². The molecule has 2 aromatic rings. The summed E-state index contributed by atoms with van der Waals surface area (Å²) in [5.74, 6) is 2.37. The van der Waals surface area contributed by atoms with E-state index in [0.29, 0.717) is 12.5 Å². The summed E-state index contributed by atoms with van der Waals surface area (Å²) in [5, 5.41) is 6.67. The Bertz CT molecular complexity index is 888. The molecule has 0 saturated carbocycles. The van der Waals surface area contributed by atoms with Gasteiger partial charge >= 0.3 is 6.61 Å². The molecular formula is C23H30F2N4O3.